The van der Waals surface area contributed by atoms with E-state index in [2.05, 4.69) is 30.8 Å². The number of methoxy groups -OCH3 is 1. The number of hydrogen-bond acceptors (Lipinski definition) is 4. The zero-order valence-electron chi connectivity index (χ0n) is 13.8. The maximum Gasteiger partial charge on any atom is 0.337 e. The number of para-hydroxylation sites is 2. The lowest BCUT2D eigenvalue weighted by atomic mass is 9.95. The highest BCUT2D eigenvalue weighted by Crippen LogP contribution is 2.39. The van der Waals surface area contributed by atoms with Gasteiger partial charge in [0, 0.05) is 10.2 Å². The van der Waals surface area contributed by atoms with Crippen LogP contribution >= 0.6 is 15.9 Å². The quantitative estimate of drug-likeness (QED) is 0.656. The van der Waals surface area contributed by atoms with E-state index in [4.69, 9.17) is 4.74 Å². The summed E-state index contributed by atoms with van der Waals surface area (Å²) in [5.74, 6) is 0.370. The summed E-state index contributed by atoms with van der Waals surface area (Å²) in [4.78, 5) is 17.2. The van der Waals surface area contributed by atoms with E-state index in [9.17, 15) is 4.79 Å². The minimum absolute atomic E-state index is 0.311. The van der Waals surface area contributed by atoms with Gasteiger partial charge in [-0.2, -0.15) is 0 Å². The van der Waals surface area contributed by atoms with Crippen LogP contribution in [-0.2, 0) is 9.53 Å². The summed E-state index contributed by atoms with van der Waals surface area (Å²) in [5, 5.41) is 3.25. The minimum atomic E-state index is -0.349. The van der Waals surface area contributed by atoms with E-state index in [1.807, 2.05) is 55.5 Å². The van der Waals surface area contributed by atoms with Gasteiger partial charge in [-0.05, 0) is 36.8 Å². The average molecular weight is 398 g/mol. The van der Waals surface area contributed by atoms with Crippen LogP contribution in [0.15, 0.2) is 64.3 Å². The number of halogens is 1. The summed E-state index contributed by atoms with van der Waals surface area (Å²) in [6.45, 7) is 1.88. The number of aromatic nitrogens is 2. The number of benzene rings is 2. The van der Waals surface area contributed by atoms with Crippen LogP contribution in [0.4, 0.5) is 5.95 Å². The van der Waals surface area contributed by atoms with Crippen LogP contribution in [0.25, 0.3) is 11.0 Å². The number of imidazole rings is 1. The molecule has 2 heterocycles. The smallest absolute Gasteiger partial charge is 0.337 e. The molecule has 0 saturated carbocycles. The van der Waals surface area contributed by atoms with E-state index >= 15 is 0 Å². The van der Waals surface area contributed by atoms with E-state index in [-0.39, 0.29) is 12.0 Å². The Hall–Kier alpha value is -2.60. The molecule has 0 saturated heterocycles. The molecule has 0 fully saturated rings. The summed E-state index contributed by atoms with van der Waals surface area (Å²) < 4.78 is 8.07. The number of hydrogen-bond donors (Lipinski definition) is 1. The normalized spacial score (nSPS) is 16.5. The Labute approximate surface area is 153 Å². The van der Waals surface area contributed by atoms with Crippen molar-refractivity contribution < 1.29 is 9.53 Å². The predicted molar refractivity (Wildman–Crippen MR) is 100 cm³/mol. The molecule has 4 rings (SSSR count). The monoisotopic (exact) mass is 397 g/mol. The van der Waals surface area contributed by atoms with Crippen LogP contribution in [0.3, 0.4) is 0 Å². The highest BCUT2D eigenvalue weighted by molar-refractivity contribution is 9.10. The molecule has 0 aliphatic carbocycles. The maximum absolute atomic E-state index is 12.5. The van der Waals surface area contributed by atoms with Gasteiger partial charge in [0.25, 0.3) is 0 Å². The summed E-state index contributed by atoms with van der Waals surface area (Å²) in [5.41, 5.74) is 4.16. The first-order valence-corrected chi connectivity index (χ1v) is 8.68. The van der Waals surface area contributed by atoms with Crippen molar-refractivity contribution in [3.8, 4) is 0 Å². The molecule has 0 amide bonds. The molecule has 1 atom stereocenters. The van der Waals surface area contributed by atoms with Crippen LogP contribution < -0.4 is 5.32 Å². The zero-order valence-corrected chi connectivity index (χ0v) is 15.4. The maximum atomic E-state index is 12.5. The Morgan fingerprint density at radius 2 is 2.04 bits per heavy atom. The second kappa shape index (κ2) is 6.04. The number of nitrogens with zero attached hydrogens (tertiary/aromatic N) is 2. The van der Waals surface area contributed by atoms with Crippen molar-refractivity contribution in [2.45, 2.75) is 13.0 Å². The molecule has 25 heavy (non-hydrogen) atoms. The van der Waals surface area contributed by atoms with Gasteiger partial charge in [-0.25, -0.2) is 9.78 Å². The molecule has 0 bridgehead atoms. The number of anilines is 1. The second-order valence-electron chi connectivity index (χ2n) is 5.91. The van der Waals surface area contributed by atoms with Crippen molar-refractivity contribution in [3.05, 3.63) is 69.8 Å². The zero-order chi connectivity index (χ0) is 17.6. The van der Waals surface area contributed by atoms with E-state index in [1.54, 1.807) is 0 Å². The van der Waals surface area contributed by atoms with Gasteiger partial charge in [0.1, 0.15) is 0 Å². The molecular formula is C19H16BrN3O2. The number of carbonyl (C=O) groups excluding carboxylic acids is 1. The number of nitrogens with one attached hydrogen (secondary N) is 1. The number of ether oxygens (including phenoxy) is 1. The fraction of sp³-hybridized carbons (Fsp3) is 0.158. The molecule has 2 aromatic carbocycles. The average Bonchev–Trinajstić information content (AvgIpc) is 2.97. The minimum Gasteiger partial charge on any atom is -0.466 e. The number of fused-ring (bicyclic) bond motifs is 3. The first kappa shape index (κ1) is 15.9. The molecule has 126 valence electrons. The van der Waals surface area contributed by atoms with E-state index in [0.29, 0.717) is 5.57 Å². The molecule has 0 radical (unpaired) electrons. The van der Waals surface area contributed by atoms with Gasteiger partial charge < -0.3 is 10.1 Å². The lowest BCUT2D eigenvalue weighted by Crippen LogP contribution is -2.28. The Morgan fingerprint density at radius 1 is 1.24 bits per heavy atom. The van der Waals surface area contributed by atoms with Crippen molar-refractivity contribution in [1.29, 1.82) is 0 Å². The molecule has 6 heteroatoms. The highest BCUT2D eigenvalue weighted by atomic mass is 79.9. The number of rotatable bonds is 2. The summed E-state index contributed by atoms with van der Waals surface area (Å²) in [7, 11) is 1.40. The van der Waals surface area contributed by atoms with Crippen molar-refractivity contribution in [2.75, 3.05) is 12.4 Å². The fourth-order valence-corrected chi connectivity index (χ4v) is 3.75. The van der Waals surface area contributed by atoms with Crippen molar-refractivity contribution >= 4 is 38.9 Å². The largest absolute Gasteiger partial charge is 0.466 e. The van der Waals surface area contributed by atoms with Gasteiger partial charge >= 0.3 is 5.97 Å². The molecule has 0 spiro atoms. The van der Waals surface area contributed by atoms with Crippen molar-refractivity contribution in [2.24, 2.45) is 0 Å². The summed E-state index contributed by atoms with van der Waals surface area (Å²) >= 11 is 3.53. The Balaban J connectivity index is 2.03. The van der Waals surface area contributed by atoms with Gasteiger partial charge in [-0.3, -0.25) is 4.57 Å². The Morgan fingerprint density at radius 3 is 2.80 bits per heavy atom. The number of carbonyl (C=O) groups is 1. The topological polar surface area (TPSA) is 56.1 Å². The molecule has 1 N–H and O–H groups in total. The third-order valence-corrected chi connectivity index (χ3v) is 4.89. The van der Waals surface area contributed by atoms with E-state index in [1.165, 1.54) is 7.11 Å². The van der Waals surface area contributed by atoms with Gasteiger partial charge in [0.2, 0.25) is 5.95 Å². The molecule has 0 unspecified atom stereocenters. The van der Waals surface area contributed by atoms with Crippen LogP contribution in [0.2, 0.25) is 0 Å². The highest BCUT2D eigenvalue weighted by Gasteiger charge is 2.34. The van der Waals surface area contributed by atoms with Gasteiger partial charge in [-0.15, -0.1) is 0 Å². The number of allylic oxidation sites excluding steroid dienone is 1. The second-order valence-corrected chi connectivity index (χ2v) is 6.82. The van der Waals surface area contributed by atoms with E-state index in [0.717, 1.165) is 32.7 Å². The van der Waals surface area contributed by atoms with Crippen LogP contribution in [0.1, 0.15) is 18.5 Å². The number of esters is 1. The third kappa shape index (κ3) is 2.53. The van der Waals surface area contributed by atoms with E-state index < -0.39 is 0 Å². The fourth-order valence-electron chi connectivity index (χ4n) is 3.33. The lowest BCUT2D eigenvalue weighted by Gasteiger charge is -2.30. The SMILES string of the molecule is COC(=O)C1=C(C)Nc2nc3ccccc3n2[C@@H]1c1cccc(Br)c1. The van der Waals surface area contributed by atoms with Gasteiger partial charge in [0.05, 0.1) is 29.8 Å². The molecular weight excluding hydrogens is 382 g/mol. The summed E-state index contributed by atoms with van der Waals surface area (Å²) in [6.07, 6.45) is 0. The standard InChI is InChI=1S/C19H16BrN3O2/c1-11-16(18(24)25-2)17(12-6-5-7-13(20)10-12)23-15-9-4-3-8-14(15)22-19(23)21-11/h3-10,17H,1-2H3,(H,21,22)/t17-/m1/s1. The third-order valence-electron chi connectivity index (χ3n) is 4.40. The Bertz CT molecular complexity index is 1020. The first-order chi connectivity index (χ1) is 12.1. The molecule has 5 nitrogen and oxygen atoms in total. The van der Waals surface area contributed by atoms with Gasteiger partial charge in [0.15, 0.2) is 0 Å². The van der Waals surface area contributed by atoms with Gasteiger partial charge in [-0.1, -0.05) is 40.2 Å². The first-order valence-electron chi connectivity index (χ1n) is 7.88. The lowest BCUT2D eigenvalue weighted by molar-refractivity contribution is -0.136. The van der Waals surface area contributed by atoms with Crippen LogP contribution in [0, 0.1) is 0 Å². The predicted octanol–water partition coefficient (Wildman–Crippen LogP) is 4.26. The molecule has 1 aliphatic heterocycles. The molecule has 1 aliphatic rings. The van der Waals surface area contributed by atoms with Crippen molar-refractivity contribution in [3.63, 3.8) is 0 Å². The Kier molecular flexibility index (Phi) is 3.84. The summed E-state index contributed by atoms with van der Waals surface area (Å²) in [6, 6.07) is 15.5. The molecule has 3 aromatic rings. The van der Waals surface area contributed by atoms with Crippen molar-refractivity contribution in [1.82, 2.24) is 9.55 Å². The van der Waals surface area contributed by atoms with Crippen LogP contribution in [-0.4, -0.2) is 22.6 Å². The van der Waals surface area contributed by atoms with Crippen LogP contribution in [0.5, 0.6) is 0 Å². The molecule has 1 aromatic heterocycles.